The van der Waals surface area contributed by atoms with Crippen LogP contribution in [0, 0.1) is 13.8 Å². The number of nitrogens with zero attached hydrogens (tertiary/aromatic N) is 3. The van der Waals surface area contributed by atoms with Gasteiger partial charge in [-0.15, -0.1) is 0 Å². The lowest BCUT2D eigenvalue weighted by atomic mass is 9.89. The van der Waals surface area contributed by atoms with E-state index in [1.54, 1.807) is 0 Å². The second-order valence-electron chi connectivity index (χ2n) is 7.05. The SMILES string of the molecule is Cc1cn([C@H]2CC[C@H](N3CC(C)O[C@@H](C)C3)CC2)nc1C. The van der Waals surface area contributed by atoms with Crippen LogP contribution in [0.1, 0.15) is 56.8 Å². The molecular weight excluding hydrogens is 262 g/mol. The minimum Gasteiger partial charge on any atom is -0.373 e. The largest absolute Gasteiger partial charge is 0.373 e. The van der Waals surface area contributed by atoms with Gasteiger partial charge in [0, 0.05) is 25.3 Å². The highest BCUT2D eigenvalue weighted by molar-refractivity contribution is 5.13. The van der Waals surface area contributed by atoms with Crippen molar-refractivity contribution in [3.8, 4) is 0 Å². The Bertz CT molecular complexity index is 447. The van der Waals surface area contributed by atoms with Crippen molar-refractivity contribution in [1.29, 1.82) is 0 Å². The summed E-state index contributed by atoms with van der Waals surface area (Å²) in [5.74, 6) is 0. The van der Waals surface area contributed by atoms with Crippen LogP contribution in [0.25, 0.3) is 0 Å². The van der Waals surface area contributed by atoms with Crippen molar-refractivity contribution in [2.75, 3.05) is 13.1 Å². The Morgan fingerprint density at radius 3 is 2.10 bits per heavy atom. The average Bonchev–Trinajstić information content (AvgIpc) is 2.78. The molecule has 0 bridgehead atoms. The normalized spacial score (nSPS) is 35.0. The number of rotatable bonds is 2. The van der Waals surface area contributed by atoms with Gasteiger partial charge in [0.25, 0.3) is 0 Å². The number of ether oxygens (including phenoxy) is 1. The predicted octanol–water partition coefficient (Wildman–Crippen LogP) is 3.09. The van der Waals surface area contributed by atoms with E-state index in [1.807, 2.05) is 0 Å². The van der Waals surface area contributed by atoms with E-state index in [1.165, 1.54) is 36.9 Å². The van der Waals surface area contributed by atoms with Crippen LogP contribution in [-0.4, -0.2) is 46.0 Å². The van der Waals surface area contributed by atoms with Crippen LogP contribution in [0.4, 0.5) is 0 Å². The van der Waals surface area contributed by atoms with Crippen molar-refractivity contribution < 1.29 is 4.74 Å². The molecule has 1 saturated heterocycles. The molecule has 1 aromatic heterocycles. The van der Waals surface area contributed by atoms with E-state index in [2.05, 4.69) is 48.6 Å². The van der Waals surface area contributed by atoms with Crippen LogP contribution in [0.3, 0.4) is 0 Å². The van der Waals surface area contributed by atoms with Gasteiger partial charge < -0.3 is 4.74 Å². The Morgan fingerprint density at radius 1 is 1.00 bits per heavy atom. The first-order chi connectivity index (χ1) is 10.0. The number of hydrogen-bond acceptors (Lipinski definition) is 3. The summed E-state index contributed by atoms with van der Waals surface area (Å²) in [5, 5.41) is 4.68. The zero-order valence-corrected chi connectivity index (χ0v) is 13.9. The van der Waals surface area contributed by atoms with Crippen molar-refractivity contribution in [2.45, 2.75) is 77.7 Å². The van der Waals surface area contributed by atoms with Crippen molar-refractivity contribution in [3.63, 3.8) is 0 Å². The average molecular weight is 291 g/mol. The van der Waals surface area contributed by atoms with Gasteiger partial charge in [-0.1, -0.05) is 0 Å². The van der Waals surface area contributed by atoms with Gasteiger partial charge in [0.15, 0.2) is 0 Å². The van der Waals surface area contributed by atoms with Crippen LogP contribution in [0.5, 0.6) is 0 Å². The Balaban J connectivity index is 1.57. The molecule has 4 nitrogen and oxygen atoms in total. The standard InChI is InChI=1S/C17H29N3O/c1-12-9-20(18-15(12)4)17-7-5-16(6-8-17)19-10-13(2)21-14(3)11-19/h9,13-14,16-17H,5-8,10-11H2,1-4H3/t13-,14?,16-,17-/m0/s1. The topological polar surface area (TPSA) is 30.3 Å². The Labute approximate surface area is 128 Å². The number of morpholine rings is 1. The van der Waals surface area contributed by atoms with Crippen molar-refractivity contribution in [2.24, 2.45) is 0 Å². The molecule has 0 aromatic carbocycles. The number of hydrogen-bond donors (Lipinski definition) is 0. The van der Waals surface area contributed by atoms with E-state index in [-0.39, 0.29) is 0 Å². The fourth-order valence-corrected chi connectivity index (χ4v) is 3.96. The summed E-state index contributed by atoms with van der Waals surface area (Å²) in [4.78, 5) is 2.66. The first kappa shape index (κ1) is 15.0. The second-order valence-corrected chi connectivity index (χ2v) is 7.05. The first-order valence-corrected chi connectivity index (χ1v) is 8.44. The molecule has 1 unspecified atom stereocenters. The third-order valence-electron chi connectivity index (χ3n) is 5.17. The number of aryl methyl sites for hydroxylation is 2. The molecule has 0 spiro atoms. The van der Waals surface area contributed by atoms with E-state index in [0.29, 0.717) is 18.2 Å². The summed E-state index contributed by atoms with van der Waals surface area (Å²) in [6, 6.07) is 1.34. The fourth-order valence-electron chi connectivity index (χ4n) is 3.96. The summed E-state index contributed by atoms with van der Waals surface area (Å²) in [5.41, 5.74) is 2.49. The van der Waals surface area contributed by atoms with Crippen LogP contribution >= 0.6 is 0 Å². The molecule has 2 heterocycles. The highest BCUT2D eigenvalue weighted by Gasteiger charge is 2.31. The van der Waals surface area contributed by atoms with E-state index in [4.69, 9.17) is 4.74 Å². The van der Waals surface area contributed by atoms with Crippen molar-refractivity contribution >= 4 is 0 Å². The molecule has 3 rings (SSSR count). The molecule has 1 aromatic rings. The van der Waals surface area contributed by atoms with Crippen LogP contribution < -0.4 is 0 Å². The molecule has 2 fully saturated rings. The second kappa shape index (κ2) is 6.09. The minimum atomic E-state index is 0.378. The summed E-state index contributed by atoms with van der Waals surface area (Å²) < 4.78 is 8.07. The maximum absolute atomic E-state index is 5.86. The van der Waals surface area contributed by atoms with Gasteiger partial charge >= 0.3 is 0 Å². The third-order valence-corrected chi connectivity index (χ3v) is 5.17. The molecule has 1 aliphatic heterocycles. The molecule has 2 aliphatic rings. The maximum Gasteiger partial charge on any atom is 0.0678 e. The van der Waals surface area contributed by atoms with Gasteiger partial charge in [0.2, 0.25) is 0 Å². The highest BCUT2D eigenvalue weighted by Crippen LogP contribution is 2.32. The quantitative estimate of drug-likeness (QED) is 0.839. The molecule has 1 aliphatic carbocycles. The van der Waals surface area contributed by atoms with Crippen LogP contribution in [0.15, 0.2) is 6.20 Å². The summed E-state index contributed by atoms with van der Waals surface area (Å²) in [6.07, 6.45) is 8.07. The predicted molar refractivity (Wildman–Crippen MR) is 84.6 cm³/mol. The summed E-state index contributed by atoms with van der Waals surface area (Å²) in [7, 11) is 0. The third kappa shape index (κ3) is 3.32. The number of aromatic nitrogens is 2. The van der Waals surface area contributed by atoms with Gasteiger partial charge in [-0.25, -0.2) is 0 Å². The van der Waals surface area contributed by atoms with Crippen LogP contribution in [-0.2, 0) is 4.74 Å². The monoisotopic (exact) mass is 291 g/mol. The minimum absolute atomic E-state index is 0.378. The Hall–Kier alpha value is -0.870. The highest BCUT2D eigenvalue weighted by atomic mass is 16.5. The Kier molecular flexibility index (Phi) is 4.36. The molecule has 21 heavy (non-hydrogen) atoms. The first-order valence-electron chi connectivity index (χ1n) is 8.44. The zero-order chi connectivity index (χ0) is 15.0. The van der Waals surface area contributed by atoms with Gasteiger partial charge in [-0.2, -0.15) is 5.10 Å². The molecule has 118 valence electrons. The fraction of sp³-hybridized carbons (Fsp3) is 0.824. The molecule has 1 saturated carbocycles. The molecule has 0 radical (unpaired) electrons. The lowest BCUT2D eigenvalue weighted by molar-refractivity contribution is -0.0852. The van der Waals surface area contributed by atoms with E-state index in [9.17, 15) is 0 Å². The molecule has 4 heteroatoms. The lowest BCUT2D eigenvalue weighted by Crippen LogP contribution is -2.51. The van der Waals surface area contributed by atoms with Gasteiger partial charge in [-0.05, 0) is 58.9 Å². The molecule has 0 N–H and O–H groups in total. The van der Waals surface area contributed by atoms with Gasteiger partial charge in [-0.3, -0.25) is 9.58 Å². The van der Waals surface area contributed by atoms with Crippen molar-refractivity contribution in [1.82, 2.24) is 14.7 Å². The molecule has 0 amide bonds. The van der Waals surface area contributed by atoms with E-state index >= 15 is 0 Å². The van der Waals surface area contributed by atoms with Gasteiger partial charge in [0.1, 0.15) is 0 Å². The maximum atomic E-state index is 5.86. The van der Waals surface area contributed by atoms with Crippen LogP contribution in [0.2, 0.25) is 0 Å². The van der Waals surface area contributed by atoms with Gasteiger partial charge in [0.05, 0.1) is 23.9 Å². The van der Waals surface area contributed by atoms with Crippen molar-refractivity contribution in [3.05, 3.63) is 17.5 Å². The lowest BCUT2D eigenvalue weighted by Gasteiger charge is -2.42. The summed E-state index contributed by atoms with van der Waals surface area (Å²) in [6.45, 7) is 10.8. The zero-order valence-electron chi connectivity index (χ0n) is 13.9. The van der Waals surface area contributed by atoms with E-state index < -0.39 is 0 Å². The smallest absolute Gasteiger partial charge is 0.0678 e. The summed E-state index contributed by atoms with van der Waals surface area (Å²) >= 11 is 0. The van der Waals surface area contributed by atoms with E-state index in [0.717, 1.165) is 19.1 Å². The molecule has 2 atom stereocenters. The molecular formula is C17H29N3O. The Morgan fingerprint density at radius 2 is 1.57 bits per heavy atom.